The molecule has 0 saturated carbocycles. The van der Waals surface area contributed by atoms with Gasteiger partial charge in [-0.05, 0) is 40.8 Å². The molecule has 2 aromatic heterocycles. The number of benzene rings is 1. The number of pyridine rings is 1. The quantitative estimate of drug-likeness (QED) is 0.536. The normalized spacial score (nSPS) is 16.2. The Morgan fingerprint density at radius 1 is 1.00 bits per heavy atom. The van der Waals surface area contributed by atoms with Crippen LogP contribution < -0.4 is 5.43 Å². The highest BCUT2D eigenvalue weighted by atomic mass is 32.2. The van der Waals surface area contributed by atoms with E-state index in [4.69, 9.17) is 0 Å². The topological polar surface area (TPSA) is 45.8 Å². The van der Waals surface area contributed by atoms with Gasteiger partial charge in [0.2, 0.25) is 0 Å². The smallest absolute Gasteiger partial charge is 0.193 e. The van der Waals surface area contributed by atoms with Crippen LogP contribution in [0.1, 0.15) is 21.9 Å². The molecule has 3 heterocycles. The Labute approximate surface area is 148 Å². The fourth-order valence-corrected chi connectivity index (χ4v) is 4.57. The van der Waals surface area contributed by atoms with Gasteiger partial charge in [-0.3, -0.25) is 9.78 Å². The standard InChI is InChI=1S/C21H14N2OS/c24-20-18-13(9-11-25-21(18)14-4-3-10-22-12-14)7-8-17-19(20)15-5-1-2-6-16(15)23-17/h1-12,21,23H. The monoisotopic (exact) mass is 342 g/mol. The minimum Gasteiger partial charge on any atom is -0.354 e. The summed E-state index contributed by atoms with van der Waals surface area (Å²) in [5.74, 6) is 0. The molecule has 0 fully saturated rings. The summed E-state index contributed by atoms with van der Waals surface area (Å²) in [6, 6.07) is 16.0. The van der Waals surface area contributed by atoms with E-state index in [1.165, 1.54) is 0 Å². The molecular formula is C21H14N2OS. The average Bonchev–Trinajstić information content (AvgIpc) is 2.98. The maximum Gasteiger partial charge on any atom is 0.193 e. The average molecular weight is 342 g/mol. The van der Waals surface area contributed by atoms with Gasteiger partial charge in [-0.1, -0.05) is 30.3 Å². The molecule has 0 saturated heterocycles. The van der Waals surface area contributed by atoms with Gasteiger partial charge in [-0.2, -0.15) is 0 Å². The van der Waals surface area contributed by atoms with Gasteiger partial charge in [-0.25, -0.2) is 0 Å². The number of fused-ring (bicyclic) bond motifs is 4. The zero-order chi connectivity index (χ0) is 16.8. The van der Waals surface area contributed by atoms with Crippen molar-refractivity contribution in [2.75, 3.05) is 0 Å². The predicted octanol–water partition coefficient (Wildman–Crippen LogP) is 4.88. The molecule has 4 heteroatoms. The van der Waals surface area contributed by atoms with Crippen LogP contribution in [0.2, 0.25) is 0 Å². The molecular weight excluding hydrogens is 328 g/mol. The summed E-state index contributed by atoms with van der Waals surface area (Å²) in [6.45, 7) is 0. The number of aromatic amines is 1. The molecule has 1 N–H and O–H groups in total. The molecule has 1 aliphatic rings. The summed E-state index contributed by atoms with van der Waals surface area (Å²) in [5.41, 5.74) is 4.83. The van der Waals surface area contributed by atoms with Gasteiger partial charge in [0.1, 0.15) is 0 Å². The Kier molecular flexibility index (Phi) is 3.25. The third-order valence-electron chi connectivity index (χ3n) is 4.66. The maximum atomic E-state index is 13.5. The Bertz CT molecular complexity index is 1200. The van der Waals surface area contributed by atoms with Crippen LogP contribution in [0.15, 0.2) is 71.1 Å². The lowest BCUT2D eigenvalue weighted by molar-refractivity contribution is 1.11. The lowest BCUT2D eigenvalue weighted by atomic mass is 10.0. The van der Waals surface area contributed by atoms with E-state index in [1.807, 2.05) is 60.8 Å². The Morgan fingerprint density at radius 3 is 2.80 bits per heavy atom. The molecule has 0 aliphatic carbocycles. The highest BCUT2D eigenvalue weighted by Crippen LogP contribution is 2.40. The van der Waals surface area contributed by atoms with Crippen molar-refractivity contribution in [1.29, 1.82) is 0 Å². The first-order chi connectivity index (χ1) is 12.3. The van der Waals surface area contributed by atoms with Gasteiger partial charge in [0, 0.05) is 28.9 Å². The summed E-state index contributed by atoms with van der Waals surface area (Å²) in [7, 11) is 0. The number of hydrogen-bond donors (Lipinski definition) is 1. The molecule has 1 unspecified atom stereocenters. The maximum absolute atomic E-state index is 13.5. The Hall–Kier alpha value is -2.85. The van der Waals surface area contributed by atoms with Crippen LogP contribution in [-0.2, 0) is 0 Å². The van der Waals surface area contributed by atoms with Crippen molar-refractivity contribution < 1.29 is 0 Å². The van der Waals surface area contributed by atoms with Gasteiger partial charge in [0.15, 0.2) is 5.43 Å². The molecule has 1 aliphatic heterocycles. The number of thioether (sulfide) groups is 1. The van der Waals surface area contributed by atoms with E-state index in [0.29, 0.717) is 0 Å². The van der Waals surface area contributed by atoms with E-state index in [9.17, 15) is 4.79 Å². The Balaban J connectivity index is 1.90. The first-order valence-corrected chi connectivity index (χ1v) is 9.07. The number of rotatable bonds is 1. The zero-order valence-corrected chi connectivity index (χ0v) is 14.1. The number of H-pyrrole nitrogens is 1. The van der Waals surface area contributed by atoms with Crippen molar-refractivity contribution in [2.45, 2.75) is 5.25 Å². The van der Waals surface area contributed by atoms with Crippen LogP contribution in [0.25, 0.3) is 27.9 Å². The van der Waals surface area contributed by atoms with Crippen molar-refractivity contribution in [2.24, 2.45) is 0 Å². The van der Waals surface area contributed by atoms with Crippen LogP contribution in [0, 0.1) is 0 Å². The van der Waals surface area contributed by atoms with Gasteiger partial charge in [-0.15, -0.1) is 11.8 Å². The zero-order valence-electron chi connectivity index (χ0n) is 13.3. The number of nitrogens with one attached hydrogen (secondary N) is 1. The number of hydrogen-bond acceptors (Lipinski definition) is 3. The number of para-hydroxylation sites is 1. The largest absolute Gasteiger partial charge is 0.354 e. The molecule has 1 atom stereocenters. The van der Waals surface area contributed by atoms with E-state index >= 15 is 0 Å². The first-order valence-electron chi connectivity index (χ1n) is 8.12. The molecule has 2 aromatic carbocycles. The molecule has 25 heavy (non-hydrogen) atoms. The van der Waals surface area contributed by atoms with Gasteiger partial charge < -0.3 is 4.98 Å². The van der Waals surface area contributed by atoms with Crippen molar-refractivity contribution >= 4 is 39.6 Å². The van der Waals surface area contributed by atoms with Crippen LogP contribution in [0.4, 0.5) is 0 Å². The van der Waals surface area contributed by atoms with Gasteiger partial charge >= 0.3 is 0 Å². The molecule has 5 rings (SSSR count). The van der Waals surface area contributed by atoms with E-state index in [-0.39, 0.29) is 10.7 Å². The van der Waals surface area contributed by atoms with Crippen molar-refractivity contribution in [3.8, 4) is 0 Å². The number of aromatic nitrogens is 2. The van der Waals surface area contributed by atoms with Crippen molar-refractivity contribution in [3.05, 3.63) is 93.2 Å². The molecule has 0 bridgehead atoms. The number of nitrogens with zero attached hydrogens (tertiary/aromatic N) is 1. The van der Waals surface area contributed by atoms with Crippen molar-refractivity contribution in [1.82, 2.24) is 9.97 Å². The summed E-state index contributed by atoms with van der Waals surface area (Å²) < 4.78 is 0. The summed E-state index contributed by atoms with van der Waals surface area (Å²) >= 11 is 1.65. The van der Waals surface area contributed by atoms with E-state index in [1.54, 1.807) is 18.0 Å². The molecule has 0 radical (unpaired) electrons. The minimum atomic E-state index is -0.0366. The molecule has 3 nitrogen and oxygen atoms in total. The third kappa shape index (κ3) is 2.22. The van der Waals surface area contributed by atoms with Crippen molar-refractivity contribution in [3.63, 3.8) is 0 Å². The van der Waals surface area contributed by atoms with Crippen LogP contribution in [0.3, 0.4) is 0 Å². The first kappa shape index (κ1) is 14.5. The van der Waals surface area contributed by atoms with E-state index in [0.717, 1.165) is 38.5 Å². The van der Waals surface area contributed by atoms with Crippen LogP contribution in [0.5, 0.6) is 0 Å². The summed E-state index contributed by atoms with van der Waals surface area (Å²) in [5, 5.41) is 3.77. The Morgan fingerprint density at radius 2 is 1.92 bits per heavy atom. The molecule has 0 spiro atoms. The molecule has 0 amide bonds. The van der Waals surface area contributed by atoms with Gasteiger partial charge in [0.05, 0.1) is 16.2 Å². The van der Waals surface area contributed by atoms with E-state index < -0.39 is 0 Å². The fourth-order valence-electron chi connectivity index (χ4n) is 3.51. The van der Waals surface area contributed by atoms with Gasteiger partial charge in [0.25, 0.3) is 0 Å². The second-order valence-corrected chi connectivity index (χ2v) is 7.11. The summed E-state index contributed by atoms with van der Waals surface area (Å²) in [4.78, 5) is 21.2. The van der Waals surface area contributed by atoms with Crippen LogP contribution >= 0.6 is 11.8 Å². The third-order valence-corrected chi connectivity index (χ3v) is 5.73. The minimum absolute atomic E-state index is 0.0366. The molecule has 120 valence electrons. The van der Waals surface area contributed by atoms with Crippen LogP contribution in [-0.4, -0.2) is 9.97 Å². The molecule has 4 aromatic rings. The van der Waals surface area contributed by atoms with E-state index in [2.05, 4.69) is 15.4 Å². The second kappa shape index (κ2) is 5.60. The second-order valence-electron chi connectivity index (χ2n) is 6.10. The highest BCUT2D eigenvalue weighted by molar-refractivity contribution is 8.02. The predicted molar refractivity (Wildman–Crippen MR) is 105 cm³/mol. The summed E-state index contributed by atoms with van der Waals surface area (Å²) in [6.07, 6.45) is 5.63. The lowest BCUT2D eigenvalue weighted by Gasteiger charge is -2.19. The highest BCUT2D eigenvalue weighted by Gasteiger charge is 2.24. The lowest BCUT2D eigenvalue weighted by Crippen LogP contribution is -2.13. The SMILES string of the molecule is O=c1c2c(ccc3[nH]c4ccccc4c13)C=CSC2c1cccnc1. The fraction of sp³-hybridized carbons (Fsp3) is 0.0476.